The van der Waals surface area contributed by atoms with E-state index in [2.05, 4.69) is 0 Å². The molecule has 8 nitrogen and oxygen atoms in total. The highest BCUT2D eigenvalue weighted by atomic mass is 16.5. The molecule has 0 saturated heterocycles. The highest BCUT2D eigenvalue weighted by Gasteiger charge is 2.30. The summed E-state index contributed by atoms with van der Waals surface area (Å²) in [5, 5.41) is 25.4. The van der Waals surface area contributed by atoms with E-state index in [4.69, 9.17) is 29.5 Å². The molecule has 0 aliphatic heterocycles. The van der Waals surface area contributed by atoms with E-state index in [0.29, 0.717) is 30.1 Å². The summed E-state index contributed by atoms with van der Waals surface area (Å²) in [4.78, 5) is 23.2. The number of carbonyl (C=O) groups is 2. The van der Waals surface area contributed by atoms with Gasteiger partial charge in [0.2, 0.25) is 5.75 Å². The SMILES string of the molecule is CC(CO)(CO)CO.COc1ccc(C2CC(=O)CC(=O)C2)c(OC)c1OC. The highest BCUT2D eigenvalue weighted by molar-refractivity contribution is 6.02. The Morgan fingerprint density at radius 3 is 1.75 bits per heavy atom. The monoisotopic (exact) mass is 398 g/mol. The fourth-order valence-corrected chi connectivity index (χ4v) is 2.80. The normalized spacial score (nSPS) is 15.0. The first-order chi connectivity index (χ1) is 13.3. The van der Waals surface area contributed by atoms with Gasteiger partial charge in [-0.3, -0.25) is 9.59 Å². The first-order valence-corrected chi connectivity index (χ1v) is 8.93. The molecule has 0 radical (unpaired) electrons. The summed E-state index contributed by atoms with van der Waals surface area (Å²) < 4.78 is 16.0. The first kappa shape index (κ1) is 23.9. The fraction of sp³-hybridized carbons (Fsp3) is 0.600. The molecule has 8 heteroatoms. The molecule has 2 rings (SSSR count). The number of aliphatic hydroxyl groups is 3. The number of ketones is 2. The van der Waals surface area contributed by atoms with E-state index in [9.17, 15) is 9.59 Å². The summed E-state index contributed by atoms with van der Waals surface area (Å²) in [6.07, 6.45) is 0.765. The Labute approximate surface area is 165 Å². The molecule has 1 aliphatic carbocycles. The van der Waals surface area contributed by atoms with E-state index in [1.807, 2.05) is 6.07 Å². The maximum Gasteiger partial charge on any atom is 0.203 e. The minimum Gasteiger partial charge on any atom is -0.493 e. The summed E-state index contributed by atoms with van der Waals surface area (Å²) in [6, 6.07) is 3.59. The lowest BCUT2D eigenvalue weighted by atomic mass is 9.82. The Morgan fingerprint density at radius 2 is 1.39 bits per heavy atom. The lowest BCUT2D eigenvalue weighted by Crippen LogP contribution is -2.29. The number of rotatable bonds is 7. The molecule has 1 fully saturated rings. The minimum atomic E-state index is -0.708. The maximum absolute atomic E-state index is 11.6. The van der Waals surface area contributed by atoms with Crippen LogP contribution in [0, 0.1) is 5.41 Å². The summed E-state index contributed by atoms with van der Waals surface area (Å²) in [7, 11) is 4.61. The second-order valence-corrected chi connectivity index (χ2v) is 7.07. The number of ether oxygens (including phenoxy) is 3. The summed E-state index contributed by atoms with van der Waals surface area (Å²) in [6.45, 7) is 1.06. The van der Waals surface area contributed by atoms with Crippen molar-refractivity contribution in [2.24, 2.45) is 5.41 Å². The number of methoxy groups -OCH3 is 3. The van der Waals surface area contributed by atoms with E-state index >= 15 is 0 Å². The van der Waals surface area contributed by atoms with Crippen LogP contribution in [0.3, 0.4) is 0 Å². The third-order valence-corrected chi connectivity index (χ3v) is 4.66. The van der Waals surface area contributed by atoms with Crippen LogP contribution >= 0.6 is 0 Å². The van der Waals surface area contributed by atoms with Crippen LogP contribution < -0.4 is 14.2 Å². The van der Waals surface area contributed by atoms with Gasteiger partial charge in [-0.25, -0.2) is 0 Å². The number of carbonyl (C=O) groups excluding carboxylic acids is 2. The third kappa shape index (κ3) is 5.92. The predicted octanol–water partition coefficient (Wildman–Crippen LogP) is 1.09. The van der Waals surface area contributed by atoms with Gasteiger partial charge in [-0.05, 0) is 6.07 Å². The number of Topliss-reactive ketones (excluding diaryl/α,β-unsaturated/α-hetero) is 2. The first-order valence-electron chi connectivity index (χ1n) is 8.93. The van der Waals surface area contributed by atoms with Gasteiger partial charge in [0.25, 0.3) is 0 Å². The Bertz CT molecular complexity index is 642. The van der Waals surface area contributed by atoms with Gasteiger partial charge in [0, 0.05) is 29.7 Å². The van der Waals surface area contributed by atoms with Crippen molar-refractivity contribution in [2.45, 2.75) is 32.1 Å². The third-order valence-electron chi connectivity index (χ3n) is 4.66. The molecular formula is C20H30O8. The molecule has 0 atom stereocenters. The highest BCUT2D eigenvalue weighted by Crippen LogP contribution is 2.45. The second kappa shape index (κ2) is 11.0. The molecule has 1 aromatic rings. The van der Waals surface area contributed by atoms with Crippen molar-refractivity contribution in [3.05, 3.63) is 17.7 Å². The van der Waals surface area contributed by atoms with Gasteiger partial charge >= 0.3 is 0 Å². The van der Waals surface area contributed by atoms with Gasteiger partial charge < -0.3 is 29.5 Å². The summed E-state index contributed by atoms with van der Waals surface area (Å²) in [5.41, 5.74) is 0.103. The molecule has 3 N–H and O–H groups in total. The Hall–Kier alpha value is -2.16. The molecule has 0 aromatic heterocycles. The molecule has 28 heavy (non-hydrogen) atoms. The quantitative estimate of drug-likeness (QED) is 0.584. The molecule has 158 valence electrons. The number of aliphatic hydroxyl groups excluding tert-OH is 3. The predicted molar refractivity (Wildman–Crippen MR) is 102 cm³/mol. The standard InChI is InChI=1S/C15H18O5.C5H12O3/c1-18-13-5-4-12(14(19-2)15(13)20-3)9-6-10(16)8-11(17)7-9;1-5(2-6,3-7)4-8/h4-5,9H,6-8H2,1-3H3;6-8H,2-4H2,1H3. The Balaban J connectivity index is 0.000000416. The average molecular weight is 398 g/mol. The number of hydrogen-bond donors (Lipinski definition) is 3. The summed E-state index contributed by atoms with van der Waals surface area (Å²) >= 11 is 0. The van der Waals surface area contributed by atoms with Crippen LogP contribution in [0.5, 0.6) is 17.2 Å². The van der Waals surface area contributed by atoms with Crippen LogP contribution in [-0.4, -0.2) is 68.0 Å². The van der Waals surface area contributed by atoms with Crippen molar-refractivity contribution in [2.75, 3.05) is 41.2 Å². The summed E-state index contributed by atoms with van der Waals surface area (Å²) in [5.74, 6) is 1.36. The van der Waals surface area contributed by atoms with Gasteiger partial charge in [0.05, 0.1) is 47.6 Å². The van der Waals surface area contributed by atoms with Crippen LogP contribution in [0.2, 0.25) is 0 Å². The van der Waals surface area contributed by atoms with Gasteiger partial charge in [-0.2, -0.15) is 0 Å². The van der Waals surface area contributed by atoms with Crippen LogP contribution in [0.1, 0.15) is 37.7 Å². The van der Waals surface area contributed by atoms with Gasteiger partial charge in [-0.1, -0.05) is 13.0 Å². The van der Waals surface area contributed by atoms with Crippen molar-refractivity contribution < 1.29 is 39.1 Å². The molecule has 0 bridgehead atoms. The van der Waals surface area contributed by atoms with Crippen molar-refractivity contribution in [3.8, 4) is 17.2 Å². The Morgan fingerprint density at radius 1 is 0.893 bits per heavy atom. The van der Waals surface area contributed by atoms with Crippen LogP contribution in [0.4, 0.5) is 0 Å². The molecule has 0 amide bonds. The van der Waals surface area contributed by atoms with E-state index in [1.165, 1.54) is 14.2 Å². The number of hydrogen-bond acceptors (Lipinski definition) is 8. The minimum absolute atomic E-state index is 0.0249. The second-order valence-electron chi connectivity index (χ2n) is 7.07. The van der Waals surface area contributed by atoms with E-state index < -0.39 is 5.41 Å². The largest absolute Gasteiger partial charge is 0.493 e. The van der Waals surface area contributed by atoms with Gasteiger partial charge in [-0.15, -0.1) is 0 Å². The van der Waals surface area contributed by atoms with Crippen LogP contribution in [-0.2, 0) is 9.59 Å². The van der Waals surface area contributed by atoms with Crippen LogP contribution in [0.25, 0.3) is 0 Å². The zero-order chi connectivity index (χ0) is 21.3. The molecule has 0 heterocycles. The zero-order valence-corrected chi connectivity index (χ0v) is 16.9. The van der Waals surface area contributed by atoms with E-state index in [0.717, 1.165) is 5.56 Å². The number of benzene rings is 1. The molecule has 1 aliphatic rings. The lowest BCUT2D eigenvalue weighted by molar-refractivity contribution is -0.130. The van der Waals surface area contributed by atoms with Gasteiger partial charge in [0.1, 0.15) is 11.6 Å². The van der Waals surface area contributed by atoms with Gasteiger partial charge in [0.15, 0.2) is 11.5 Å². The zero-order valence-electron chi connectivity index (χ0n) is 16.9. The van der Waals surface area contributed by atoms with E-state index in [-0.39, 0.29) is 43.7 Å². The van der Waals surface area contributed by atoms with Crippen molar-refractivity contribution >= 4 is 11.6 Å². The molecular weight excluding hydrogens is 368 g/mol. The lowest BCUT2D eigenvalue weighted by Gasteiger charge is -2.24. The van der Waals surface area contributed by atoms with Crippen molar-refractivity contribution in [1.29, 1.82) is 0 Å². The van der Waals surface area contributed by atoms with Crippen molar-refractivity contribution in [1.82, 2.24) is 0 Å². The Kier molecular flexibility index (Phi) is 9.37. The molecule has 0 spiro atoms. The van der Waals surface area contributed by atoms with Crippen LogP contribution in [0.15, 0.2) is 12.1 Å². The topological polar surface area (TPSA) is 123 Å². The molecule has 1 aromatic carbocycles. The van der Waals surface area contributed by atoms with E-state index in [1.54, 1.807) is 20.1 Å². The molecule has 1 saturated carbocycles. The maximum atomic E-state index is 11.6. The average Bonchev–Trinajstić information content (AvgIpc) is 2.71. The van der Waals surface area contributed by atoms with Crippen molar-refractivity contribution in [3.63, 3.8) is 0 Å². The fourth-order valence-electron chi connectivity index (χ4n) is 2.80. The molecule has 0 unspecified atom stereocenters. The smallest absolute Gasteiger partial charge is 0.203 e.